The summed E-state index contributed by atoms with van der Waals surface area (Å²) in [5.41, 5.74) is 8.16. The Bertz CT molecular complexity index is 380. The van der Waals surface area contributed by atoms with Gasteiger partial charge in [0, 0.05) is 35.8 Å². The molecule has 0 atom stereocenters. The zero-order chi connectivity index (χ0) is 11.5. The molecule has 86 valence electrons. The first-order chi connectivity index (χ1) is 7.66. The van der Waals surface area contributed by atoms with Gasteiger partial charge in [0.05, 0.1) is 0 Å². The second-order valence-electron chi connectivity index (χ2n) is 4.04. The van der Waals surface area contributed by atoms with Crippen LogP contribution in [0, 0.1) is 6.92 Å². The molecule has 1 amide bonds. The number of thioether (sulfide) groups is 1. The second-order valence-corrected chi connectivity index (χ2v) is 5.26. The number of nitrogens with zero attached hydrogens (tertiary/aromatic N) is 1. The average Bonchev–Trinajstić information content (AvgIpc) is 2.28. The normalized spacial score (nSPS) is 16.2. The van der Waals surface area contributed by atoms with Crippen molar-refractivity contribution in [2.45, 2.75) is 6.92 Å². The van der Waals surface area contributed by atoms with Gasteiger partial charge in [0.15, 0.2) is 0 Å². The summed E-state index contributed by atoms with van der Waals surface area (Å²) in [6.07, 6.45) is 0. The number of hydrogen-bond donors (Lipinski definition) is 1. The summed E-state index contributed by atoms with van der Waals surface area (Å²) in [5.74, 6) is 2.18. The third kappa shape index (κ3) is 2.50. The fourth-order valence-corrected chi connectivity index (χ4v) is 2.79. The van der Waals surface area contributed by atoms with Gasteiger partial charge in [0.2, 0.25) is 0 Å². The molecule has 1 saturated heterocycles. The van der Waals surface area contributed by atoms with Crippen LogP contribution in [0.5, 0.6) is 0 Å². The van der Waals surface area contributed by atoms with Crippen LogP contribution in [0.1, 0.15) is 15.9 Å². The Morgan fingerprint density at radius 3 is 2.62 bits per heavy atom. The zero-order valence-corrected chi connectivity index (χ0v) is 10.2. The molecule has 4 heteroatoms. The molecule has 1 aromatic carbocycles. The lowest BCUT2D eigenvalue weighted by atomic mass is 10.1. The number of benzene rings is 1. The molecule has 0 bridgehead atoms. The van der Waals surface area contributed by atoms with Gasteiger partial charge in [-0.3, -0.25) is 4.79 Å². The van der Waals surface area contributed by atoms with Crippen LogP contribution in [0.15, 0.2) is 18.2 Å². The van der Waals surface area contributed by atoms with Crippen LogP contribution in [0.25, 0.3) is 0 Å². The number of nitrogens with two attached hydrogens (primary N) is 1. The Kier molecular flexibility index (Phi) is 3.39. The molecule has 2 N–H and O–H groups in total. The fraction of sp³-hybridized carbons (Fsp3) is 0.417. The Morgan fingerprint density at radius 2 is 2.00 bits per heavy atom. The number of carbonyl (C=O) groups excluding carboxylic acids is 1. The molecule has 0 unspecified atom stereocenters. The summed E-state index contributed by atoms with van der Waals surface area (Å²) in [6.45, 7) is 3.65. The summed E-state index contributed by atoms with van der Waals surface area (Å²) in [5, 5.41) is 0. The zero-order valence-electron chi connectivity index (χ0n) is 9.40. The van der Waals surface area contributed by atoms with E-state index in [1.807, 2.05) is 35.7 Å². The van der Waals surface area contributed by atoms with Crippen molar-refractivity contribution in [2.75, 3.05) is 30.3 Å². The van der Waals surface area contributed by atoms with E-state index in [1.165, 1.54) is 0 Å². The van der Waals surface area contributed by atoms with E-state index in [2.05, 4.69) is 0 Å². The van der Waals surface area contributed by atoms with Crippen molar-refractivity contribution in [3.63, 3.8) is 0 Å². The van der Waals surface area contributed by atoms with E-state index in [-0.39, 0.29) is 5.91 Å². The Labute approximate surface area is 100.0 Å². The lowest BCUT2D eigenvalue weighted by Crippen LogP contribution is -2.37. The van der Waals surface area contributed by atoms with Gasteiger partial charge in [-0.1, -0.05) is 0 Å². The molecule has 0 saturated carbocycles. The number of carbonyl (C=O) groups is 1. The Hall–Kier alpha value is -1.16. The molecule has 1 fully saturated rings. The maximum absolute atomic E-state index is 12.2. The van der Waals surface area contributed by atoms with Gasteiger partial charge in [-0.15, -0.1) is 0 Å². The molecular weight excluding hydrogens is 220 g/mol. The van der Waals surface area contributed by atoms with Crippen molar-refractivity contribution in [1.82, 2.24) is 4.90 Å². The minimum absolute atomic E-state index is 0.107. The van der Waals surface area contributed by atoms with Crippen molar-refractivity contribution >= 4 is 23.4 Å². The van der Waals surface area contributed by atoms with E-state index in [9.17, 15) is 4.79 Å². The predicted molar refractivity (Wildman–Crippen MR) is 68.8 cm³/mol. The number of amides is 1. The highest BCUT2D eigenvalue weighted by Crippen LogP contribution is 2.16. The number of rotatable bonds is 1. The minimum atomic E-state index is 0.107. The van der Waals surface area contributed by atoms with E-state index in [1.54, 1.807) is 6.07 Å². The van der Waals surface area contributed by atoms with Gasteiger partial charge in [0.25, 0.3) is 5.91 Å². The van der Waals surface area contributed by atoms with Crippen molar-refractivity contribution in [2.24, 2.45) is 0 Å². The quantitative estimate of drug-likeness (QED) is 0.756. The molecule has 16 heavy (non-hydrogen) atoms. The van der Waals surface area contributed by atoms with Gasteiger partial charge in [-0.25, -0.2) is 0 Å². The first kappa shape index (κ1) is 11.3. The SMILES string of the molecule is Cc1cc(N)cc(C(=O)N2CCSCC2)c1. The van der Waals surface area contributed by atoms with Crippen molar-refractivity contribution in [1.29, 1.82) is 0 Å². The van der Waals surface area contributed by atoms with Gasteiger partial charge in [-0.2, -0.15) is 11.8 Å². The fourth-order valence-electron chi connectivity index (χ4n) is 1.89. The van der Waals surface area contributed by atoms with E-state index < -0.39 is 0 Å². The largest absolute Gasteiger partial charge is 0.399 e. The summed E-state index contributed by atoms with van der Waals surface area (Å²) in [4.78, 5) is 14.1. The van der Waals surface area contributed by atoms with Crippen molar-refractivity contribution < 1.29 is 4.79 Å². The van der Waals surface area contributed by atoms with E-state index in [4.69, 9.17) is 5.73 Å². The van der Waals surface area contributed by atoms with Crippen LogP contribution in [0.3, 0.4) is 0 Å². The molecule has 3 nitrogen and oxygen atoms in total. The third-order valence-electron chi connectivity index (χ3n) is 2.64. The van der Waals surface area contributed by atoms with Crippen LogP contribution in [0.4, 0.5) is 5.69 Å². The van der Waals surface area contributed by atoms with Gasteiger partial charge < -0.3 is 10.6 Å². The highest BCUT2D eigenvalue weighted by atomic mass is 32.2. The van der Waals surface area contributed by atoms with Crippen LogP contribution in [-0.2, 0) is 0 Å². The first-order valence-corrected chi connectivity index (χ1v) is 6.56. The first-order valence-electron chi connectivity index (χ1n) is 5.41. The lowest BCUT2D eigenvalue weighted by Gasteiger charge is -2.26. The predicted octanol–water partition coefficient (Wildman–Crippen LogP) is 1.77. The number of anilines is 1. The van der Waals surface area contributed by atoms with Crippen LogP contribution in [-0.4, -0.2) is 35.4 Å². The minimum Gasteiger partial charge on any atom is -0.399 e. The molecule has 0 aliphatic carbocycles. The van der Waals surface area contributed by atoms with Crippen molar-refractivity contribution in [3.05, 3.63) is 29.3 Å². The van der Waals surface area contributed by atoms with Crippen LogP contribution >= 0.6 is 11.8 Å². The highest BCUT2D eigenvalue weighted by Gasteiger charge is 2.18. The number of hydrogen-bond acceptors (Lipinski definition) is 3. The molecular formula is C12H16N2OS. The number of aryl methyl sites for hydroxylation is 1. The van der Waals surface area contributed by atoms with Crippen LogP contribution in [0.2, 0.25) is 0 Å². The van der Waals surface area contributed by atoms with Gasteiger partial charge in [-0.05, 0) is 30.7 Å². The number of nitrogen functional groups attached to an aromatic ring is 1. The Morgan fingerprint density at radius 1 is 1.31 bits per heavy atom. The molecule has 0 aromatic heterocycles. The molecule has 2 rings (SSSR count). The summed E-state index contributed by atoms with van der Waals surface area (Å²) in [6, 6.07) is 5.54. The van der Waals surface area contributed by atoms with E-state index in [0.717, 1.165) is 30.2 Å². The lowest BCUT2D eigenvalue weighted by molar-refractivity contribution is 0.0772. The summed E-state index contributed by atoms with van der Waals surface area (Å²) >= 11 is 1.90. The second kappa shape index (κ2) is 4.78. The molecule has 1 aromatic rings. The maximum atomic E-state index is 12.2. The monoisotopic (exact) mass is 236 g/mol. The van der Waals surface area contributed by atoms with Crippen molar-refractivity contribution in [3.8, 4) is 0 Å². The molecule has 1 aliphatic rings. The van der Waals surface area contributed by atoms with E-state index >= 15 is 0 Å². The highest BCUT2D eigenvalue weighted by molar-refractivity contribution is 7.99. The van der Waals surface area contributed by atoms with Gasteiger partial charge >= 0.3 is 0 Å². The summed E-state index contributed by atoms with van der Waals surface area (Å²) < 4.78 is 0. The van der Waals surface area contributed by atoms with Gasteiger partial charge in [0.1, 0.15) is 0 Å². The molecule has 1 heterocycles. The van der Waals surface area contributed by atoms with Crippen LogP contribution < -0.4 is 5.73 Å². The maximum Gasteiger partial charge on any atom is 0.253 e. The molecule has 1 aliphatic heterocycles. The molecule has 0 radical (unpaired) electrons. The topological polar surface area (TPSA) is 46.3 Å². The van der Waals surface area contributed by atoms with E-state index in [0.29, 0.717) is 11.3 Å². The smallest absolute Gasteiger partial charge is 0.253 e. The molecule has 0 spiro atoms. The average molecular weight is 236 g/mol. The summed E-state index contributed by atoms with van der Waals surface area (Å²) in [7, 11) is 0. The third-order valence-corrected chi connectivity index (χ3v) is 3.59. The standard InChI is InChI=1S/C12H16N2OS/c1-9-6-10(8-11(13)7-9)12(15)14-2-4-16-5-3-14/h6-8H,2-5,13H2,1H3. The Balaban J connectivity index is 2.19.